The maximum atomic E-state index is 13.2. The zero-order valence-electron chi connectivity index (χ0n) is 12.2. The predicted octanol–water partition coefficient (Wildman–Crippen LogP) is 1.50. The highest BCUT2D eigenvalue weighted by Crippen LogP contribution is 2.27. The van der Waals surface area contributed by atoms with Crippen molar-refractivity contribution in [2.24, 2.45) is 0 Å². The minimum atomic E-state index is -1.02. The van der Waals surface area contributed by atoms with Gasteiger partial charge >= 0.3 is 0 Å². The summed E-state index contributed by atoms with van der Waals surface area (Å²) in [5.41, 5.74) is 0.0146. The van der Waals surface area contributed by atoms with Crippen LogP contribution in [0.3, 0.4) is 0 Å². The van der Waals surface area contributed by atoms with Crippen LogP contribution in [0.5, 0.6) is 0 Å². The summed E-state index contributed by atoms with van der Waals surface area (Å²) < 4.78 is 13.2. The first-order valence-corrected chi connectivity index (χ1v) is 7.00. The smallest absolute Gasteiger partial charge is 0.262 e. The Bertz CT molecular complexity index is 677. The van der Waals surface area contributed by atoms with Crippen molar-refractivity contribution in [1.82, 2.24) is 10.2 Å². The summed E-state index contributed by atoms with van der Waals surface area (Å²) in [4.78, 5) is 48.0. The third-order valence-electron chi connectivity index (χ3n) is 3.40. The lowest BCUT2D eigenvalue weighted by Gasteiger charge is -2.27. The predicted molar refractivity (Wildman–Crippen MR) is 76.5 cm³/mol. The van der Waals surface area contributed by atoms with Gasteiger partial charge in [0, 0.05) is 7.85 Å². The molecular weight excluding hydrogens is 291 g/mol. The molecule has 6 nitrogen and oxygen atoms in total. The first-order valence-electron chi connectivity index (χ1n) is 7.00. The number of halogens is 1. The second-order valence-electron chi connectivity index (χ2n) is 4.64. The minimum absolute atomic E-state index is 0. The molecule has 2 aliphatic heterocycles. The van der Waals surface area contributed by atoms with Crippen LogP contribution in [0.1, 0.15) is 48.8 Å². The van der Waals surface area contributed by atoms with Crippen LogP contribution in [0.4, 0.5) is 4.39 Å². The molecule has 1 fully saturated rings. The fraction of sp³-hybridized carbons (Fsp3) is 0.333. The highest BCUT2D eigenvalue weighted by molar-refractivity contribution is 6.23. The Morgan fingerprint density at radius 1 is 1.14 bits per heavy atom. The largest absolute Gasteiger partial charge is 0.295 e. The summed E-state index contributed by atoms with van der Waals surface area (Å²) in [5.74, 6) is -3.10. The number of hydrogen-bond donors (Lipinski definition) is 1. The van der Waals surface area contributed by atoms with E-state index in [4.69, 9.17) is 0 Å². The lowest BCUT2D eigenvalue weighted by atomic mass is 10.0. The Kier molecular flexibility index (Phi) is 4.35. The van der Waals surface area contributed by atoms with Crippen LogP contribution >= 0.6 is 0 Å². The van der Waals surface area contributed by atoms with Crippen LogP contribution in [0, 0.1) is 5.82 Å². The molecule has 0 radical (unpaired) electrons. The zero-order chi connectivity index (χ0) is 16.4. The summed E-state index contributed by atoms with van der Waals surface area (Å²) in [5, 5.41) is 2.09. The first-order chi connectivity index (χ1) is 10.5. The van der Waals surface area contributed by atoms with E-state index in [1.807, 2.05) is 13.8 Å². The minimum Gasteiger partial charge on any atom is -0.295 e. The molecular formula is C15H17FN2O4. The Labute approximate surface area is 127 Å². The normalized spacial score (nSPS) is 20.3. The molecule has 2 aliphatic rings. The monoisotopic (exact) mass is 308 g/mol. The lowest BCUT2D eigenvalue weighted by Crippen LogP contribution is -2.54. The van der Waals surface area contributed by atoms with Crippen LogP contribution in [0.2, 0.25) is 0 Å². The number of benzene rings is 1. The van der Waals surface area contributed by atoms with Gasteiger partial charge < -0.3 is 0 Å². The second kappa shape index (κ2) is 6.05. The molecule has 0 saturated carbocycles. The SMILES string of the molecule is CC.O=C1CCC(N2C(=O)c3ccc(F)cc3C2=O)C(=O)N1.[HH]. The number of piperidine rings is 1. The summed E-state index contributed by atoms with van der Waals surface area (Å²) in [6.07, 6.45) is 0.136. The third-order valence-corrected chi connectivity index (χ3v) is 3.40. The van der Waals surface area contributed by atoms with Gasteiger partial charge in [0.25, 0.3) is 11.8 Å². The number of hydrogen-bond acceptors (Lipinski definition) is 4. The van der Waals surface area contributed by atoms with Gasteiger partial charge in [-0.2, -0.15) is 0 Å². The van der Waals surface area contributed by atoms with Crippen LogP contribution in [0.15, 0.2) is 18.2 Å². The number of carbonyl (C=O) groups is 4. The third kappa shape index (κ3) is 2.49. The van der Waals surface area contributed by atoms with Gasteiger partial charge in [0.15, 0.2) is 0 Å². The van der Waals surface area contributed by atoms with E-state index in [0.717, 1.165) is 17.0 Å². The Hall–Kier alpha value is -2.57. The number of carbonyl (C=O) groups excluding carboxylic acids is 4. The van der Waals surface area contributed by atoms with E-state index in [1.54, 1.807) is 0 Å². The average molecular weight is 308 g/mol. The molecule has 22 heavy (non-hydrogen) atoms. The fourth-order valence-electron chi connectivity index (χ4n) is 2.44. The standard InChI is InChI=1S/C13H9FN2O4.C2H6.H2/c14-6-1-2-7-8(5-6)13(20)16(12(7)19)9-3-4-10(17)15-11(9)18;1-2;/h1-2,5,9H,3-4H2,(H,15,17,18);1-2H3;1H. The number of rotatable bonds is 1. The van der Waals surface area contributed by atoms with Crippen molar-refractivity contribution < 1.29 is 25.0 Å². The summed E-state index contributed by atoms with van der Waals surface area (Å²) in [6.45, 7) is 4.00. The second-order valence-corrected chi connectivity index (χ2v) is 4.64. The van der Waals surface area contributed by atoms with Gasteiger partial charge in [0.2, 0.25) is 11.8 Å². The molecule has 3 rings (SSSR count). The number of nitrogens with zero attached hydrogens (tertiary/aromatic N) is 1. The number of nitrogens with one attached hydrogen (secondary N) is 1. The highest BCUT2D eigenvalue weighted by atomic mass is 19.1. The fourth-order valence-corrected chi connectivity index (χ4v) is 2.44. The van der Waals surface area contributed by atoms with Crippen molar-refractivity contribution in [3.63, 3.8) is 0 Å². The van der Waals surface area contributed by atoms with Gasteiger partial charge in [-0.3, -0.25) is 29.4 Å². The first kappa shape index (κ1) is 15.8. The molecule has 1 aromatic rings. The Morgan fingerprint density at radius 3 is 2.41 bits per heavy atom. The molecule has 4 amide bonds. The summed E-state index contributed by atoms with van der Waals surface area (Å²) in [6, 6.07) is 2.25. The molecule has 0 bridgehead atoms. The van der Waals surface area contributed by atoms with Crippen LogP contribution in [-0.4, -0.2) is 34.6 Å². The van der Waals surface area contributed by atoms with Gasteiger partial charge in [0.1, 0.15) is 11.9 Å². The van der Waals surface area contributed by atoms with Gasteiger partial charge in [-0.05, 0) is 24.6 Å². The molecule has 1 atom stereocenters. The maximum absolute atomic E-state index is 13.2. The van der Waals surface area contributed by atoms with E-state index in [-0.39, 0.29) is 25.4 Å². The van der Waals surface area contributed by atoms with Crippen LogP contribution in [-0.2, 0) is 9.59 Å². The van der Waals surface area contributed by atoms with E-state index in [0.29, 0.717) is 0 Å². The van der Waals surface area contributed by atoms with E-state index < -0.39 is 35.5 Å². The van der Waals surface area contributed by atoms with Crippen LogP contribution in [0.25, 0.3) is 0 Å². The zero-order valence-corrected chi connectivity index (χ0v) is 12.2. The van der Waals surface area contributed by atoms with Crippen molar-refractivity contribution in [3.05, 3.63) is 35.1 Å². The average Bonchev–Trinajstić information content (AvgIpc) is 2.73. The lowest BCUT2D eigenvalue weighted by molar-refractivity contribution is -0.136. The molecule has 0 spiro atoms. The summed E-state index contributed by atoms with van der Waals surface area (Å²) >= 11 is 0. The molecule has 1 aromatic carbocycles. The highest BCUT2D eigenvalue weighted by Gasteiger charge is 2.44. The number of amides is 4. The Balaban J connectivity index is 0.000000849. The topological polar surface area (TPSA) is 83.6 Å². The molecule has 0 aromatic heterocycles. The molecule has 0 aliphatic carbocycles. The molecule has 1 saturated heterocycles. The maximum Gasteiger partial charge on any atom is 0.262 e. The molecule has 118 valence electrons. The van der Waals surface area contributed by atoms with Gasteiger partial charge in [-0.1, -0.05) is 13.8 Å². The molecule has 2 heterocycles. The summed E-state index contributed by atoms with van der Waals surface area (Å²) in [7, 11) is 0. The van der Waals surface area contributed by atoms with Gasteiger partial charge in [-0.25, -0.2) is 4.39 Å². The van der Waals surface area contributed by atoms with Crippen molar-refractivity contribution >= 4 is 23.6 Å². The quantitative estimate of drug-likeness (QED) is 0.797. The van der Waals surface area contributed by atoms with Crippen molar-refractivity contribution in [2.75, 3.05) is 0 Å². The van der Waals surface area contributed by atoms with Crippen LogP contribution < -0.4 is 5.32 Å². The Morgan fingerprint density at radius 2 is 1.77 bits per heavy atom. The number of imide groups is 2. The van der Waals surface area contributed by atoms with Crippen molar-refractivity contribution in [3.8, 4) is 0 Å². The van der Waals surface area contributed by atoms with E-state index in [1.165, 1.54) is 6.07 Å². The van der Waals surface area contributed by atoms with Crippen molar-refractivity contribution in [2.45, 2.75) is 32.7 Å². The van der Waals surface area contributed by atoms with Gasteiger partial charge in [-0.15, -0.1) is 0 Å². The molecule has 1 N–H and O–H groups in total. The van der Waals surface area contributed by atoms with E-state index in [9.17, 15) is 23.6 Å². The number of fused-ring (bicyclic) bond motifs is 1. The van der Waals surface area contributed by atoms with E-state index in [2.05, 4.69) is 5.32 Å². The van der Waals surface area contributed by atoms with E-state index >= 15 is 0 Å². The van der Waals surface area contributed by atoms with Crippen molar-refractivity contribution in [1.29, 1.82) is 0 Å². The van der Waals surface area contributed by atoms with Gasteiger partial charge in [0.05, 0.1) is 11.1 Å². The molecule has 7 heteroatoms. The molecule has 1 unspecified atom stereocenters.